The first-order chi connectivity index (χ1) is 8.56. The summed E-state index contributed by atoms with van der Waals surface area (Å²) in [6, 6.07) is 0.0989. The third kappa shape index (κ3) is 4.20. The van der Waals surface area contributed by atoms with Crippen LogP contribution in [0.5, 0.6) is 0 Å². The van der Waals surface area contributed by atoms with Gasteiger partial charge in [0.05, 0.1) is 0 Å². The van der Waals surface area contributed by atoms with E-state index in [2.05, 4.69) is 0 Å². The van der Waals surface area contributed by atoms with Crippen LogP contribution in [0.15, 0.2) is 0 Å². The summed E-state index contributed by atoms with van der Waals surface area (Å²) in [6.07, 6.45) is 5.11. The topological polar surface area (TPSA) is 60.9 Å². The van der Waals surface area contributed by atoms with E-state index in [0.717, 1.165) is 38.6 Å². The van der Waals surface area contributed by atoms with Gasteiger partial charge in [-0.2, -0.15) is 0 Å². The number of carboxylic acid groups (broad SMARTS) is 1. The number of likely N-dealkylation sites (tertiary alicyclic amines) is 1. The van der Waals surface area contributed by atoms with Crippen molar-refractivity contribution < 1.29 is 14.7 Å². The maximum absolute atomic E-state index is 12.4. The van der Waals surface area contributed by atoms with Gasteiger partial charge in [-0.25, -0.2) is 4.79 Å². The third-order valence-electron chi connectivity index (χ3n) is 3.39. The molecule has 1 aliphatic heterocycles. The quantitative estimate of drug-likeness (QED) is 0.838. The zero-order chi connectivity index (χ0) is 13.5. The summed E-state index contributed by atoms with van der Waals surface area (Å²) in [5.74, 6) is -0.945. The first-order valence-corrected chi connectivity index (χ1v) is 6.83. The van der Waals surface area contributed by atoms with Crippen LogP contribution in [0.2, 0.25) is 0 Å². The van der Waals surface area contributed by atoms with Gasteiger partial charge >= 0.3 is 12.0 Å². The van der Waals surface area contributed by atoms with Gasteiger partial charge in [0, 0.05) is 19.1 Å². The number of urea groups is 1. The first kappa shape index (κ1) is 14.8. The highest BCUT2D eigenvalue weighted by molar-refractivity contribution is 5.80. The molecule has 1 unspecified atom stereocenters. The van der Waals surface area contributed by atoms with Crippen LogP contribution in [0.3, 0.4) is 0 Å². The second-order valence-electron chi connectivity index (χ2n) is 4.99. The van der Waals surface area contributed by atoms with Crippen molar-refractivity contribution in [1.29, 1.82) is 0 Å². The highest BCUT2D eigenvalue weighted by Gasteiger charge is 2.26. The number of hydrogen-bond donors (Lipinski definition) is 1. The Hall–Kier alpha value is -1.26. The number of nitrogens with zero attached hydrogens (tertiary/aromatic N) is 2. The van der Waals surface area contributed by atoms with Crippen molar-refractivity contribution in [3.63, 3.8) is 0 Å². The zero-order valence-corrected chi connectivity index (χ0v) is 11.4. The molecule has 0 spiro atoms. The second kappa shape index (κ2) is 7.24. The molecule has 1 atom stereocenters. The van der Waals surface area contributed by atoms with Crippen molar-refractivity contribution in [3.05, 3.63) is 0 Å². The second-order valence-corrected chi connectivity index (χ2v) is 4.99. The van der Waals surface area contributed by atoms with Gasteiger partial charge in [0.15, 0.2) is 0 Å². The van der Waals surface area contributed by atoms with Gasteiger partial charge in [0.1, 0.15) is 6.54 Å². The summed E-state index contributed by atoms with van der Waals surface area (Å²) >= 11 is 0. The molecule has 0 aliphatic carbocycles. The smallest absolute Gasteiger partial charge is 0.323 e. The highest BCUT2D eigenvalue weighted by atomic mass is 16.4. The first-order valence-electron chi connectivity index (χ1n) is 6.83. The van der Waals surface area contributed by atoms with Crippen LogP contribution in [0, 0.1) is 0 Å². The lowest BCUT2D eigenvalue weighted by molar-refractivity contribution is -0.137. The molecule has 0 saturated carbocycles. The lowest BCUT2D eigenvalue weighted by Crippen LogP contribution is -2.49. The average molecular weight is 256 g/mol. The lowest BCUT2D eigenvalue weighted by atomic mass is 10.1. The molecule has 1 rings (SSSR count). The molecule has 1 saturated heterocycles. The lowest BCUT2D eigenvalue weighted by Gasteiger charge is -2.32. The Morgan fingerprint density at radius 1 is 1.33 bits per heavy atom. The number of rotatable bonds is 4. The molecule has 0 aromatic heterocycles. The summed E-state index contributed by atoms with van der Waals surface area (Å²) < 4.78 is 0. The largest absolute Gasteiger partial charge is 0.480 e. The van der Waals surface area contributed by atoms with Crippen LogP contribution in [0.4, 0.5) is 4.79 Å². The maximum atomic E-state index is 12.4. The van der Waals surface area contributed by atoms with Crippen LogP contribution in [0.1, 0.15) is 46.0 Å². The summed E-state index contributed by atoms with van der Waals surface area (Å²) in [4.78, 5) is 26.5. The number of hydrogen-bond acceptors (Lipinski definition) is 2. The van der Waals surface area contributed by atoms with E-state index >= 15 is 0 Å². The summed E-state index contributed by atoms with van der Waals surface area (Å²) in [7, 11) is 0. The Morgan fingerprint density at radius 2 is 2.06 bits per heavy atom. The molecule has 2 amide bonds. The zero-order valence-electron chi connectivity index (χ0n) is 11.4. The van der Waals surface area contributed by atoms with Crippen LogP contribution in [-0.2, 0) is 4.79 Å². The molecule has 0 aromatic carbocycles. The Kier molecular flexibility index (Phi) is 5.95. The molecule has 104 valence electrons. The van der Waals surface area contributed by atoms with E-state index in [-0.39, 0.29) is 18.6 Å². The Bertz CT molecular complexity index is 294. The van der Waals surface area contributed by atoms with Crippen molar-refractivity contribution in [3.8, 4) is 0 Å². The molecule has 1 heterocycles. The van der Waals surface area contributed by atoms with Crippen LogP contribution in [0.25, 0.3) is 0 Å². The Balaban J connectivity index is 2.69. The van der Waals surface area contributed by atoms with Gasteiger partial charge < -0.3 is 14.9 Å². The standard InChI is InChI=1S/C13H24N2O3/c1-3-8-14(10-12(16)17)13(18)15-9-6-4-5-7-11(15)2/h11H,3-10H2,1-2H3,(H,16,17). The van der Waals surface area contributed by atoms with Crippen molar-refractivity contribution in [1.82, 2.24) is 9.80 Å². The van der Waals surface area contributed by atoms with Gasteiger partial charge in [-0.1, -0.05) is 19.8 Å². The molecule has 1 fully saturated rings. The molecule has 18 heavy (non-hydrogen) atoms. The van der Waals surface area contributed by atoms with Gasteiger partial charge in [-0.3, -0.25) is 4.79 Å². The number of amides is 2. The molecule has 1 N–H and O–H groups in total. The van der Waals surface area contributed by atoms with Gasteiger partial charge in [0.25, 0.3) is 0 Å². The predicted octanol–water partition coefficient (Wildman–Crippen LogP) is 2.17. The van der Waals surface area contributed by atoms with E-state index in [9.17, 15) is 9.59 Å². The molecule has 1 aliphatic rings. The summed E-state index contributed by atoms with van der Waals surface area (Å²) in [5, 5.41) is 8.87. The minimum Gasteiger partial charge on any atom is -0.480 e. The van der Waals surface area contributed by atoms with Gasteiger partial charge in [-0.15, -0.1) is 0 Å². The van der Waals surface area contributed by atoms with Crippen molar-refractivity contribution in [2.75, 3.05) is 19.6 Å². The summed E-state index contributed by atoms with van der Waals surface area (Å²) in [5.41, 5.74) is 0. The monoisotopic (exact) mass is 256 g/mol. The number of carboxylic acids is 1. The summed E-state index contributed by atoms with van der Waals surface area (Å²) in [6.45, 7) is 5.06. The molecule has 0 aromatic rings. The van der Waals surface area contributed by atoms with Gasteiger partial charge in [0.2, 0.25) is 0 Å². The molecule has 0 radical (unpaired) electrons. The van der Waals surface area contributed by atoms with E-state index in [0.29, 0.717) is 6.54 Å². The van der Waals surface area contributed by atoms with E-state index in [1.165, 1.54) is 4.90 Å². The minimum absolute atomic E-state index is 0.117. The number of aliphatic carboxylic acids is 1. The number of carbonyl (C=O) groups excluding carboxylic acids is 1. The van der Waals surface area contributed by atoms with Crippen molar-refractivity contribution >= 4 is 12.0 Å². The SMILES string of the molecule is CCCN(CC(=O)O)C(=O)N1CCCCCC1C. The van der Waals surface area contributed by atoms with E-state index < -0.39 is 5.97 Å². The van der Waals surface area contributed by atoms with Crippen LogP contribution < -0.4 is 0 Å². The highest BCUT2D eigenvalue weighted by Crippen LogP contribution is 2.18. The predicted molar refractivity (Wildman–Crippen MR) is 69.5 cm³/mol. The molecular formula is C13H24N2O3. The van der Waals surface area contributed by atoms with E-state index in [1.54, 1.807) is 0 Å². The van der Waals surface area contributed by atoms with E-state index in [1.807, 2.05) is 18.7 Å². The fraction of sp³-hybridized carbons (Fsp3) is 0.846. The minimum atomic E-state index is -0.945. The maximum Gasteiger partial charge on any atom is 0.323 e. The van der Waals surface area contributed by atoms with Crippen LogP contribution in [-0.4, -0.2) is 52.6 Å². The normalized spacial score (nSPS) is 20.3. The average Bonchev–Trinajstić information content (AvgIpc) is 2.52. The van der Waals surface area contributed by atoms with Crippen molar-refractivity contribution in [2.45, 2.75) is 52.0 Å². The molecule has 5 heteroatoms. The number of carbonyl (C=O) groups is 2. The third-order valence-corrected chi connectivity index (χ3v) is 3.39. The molecular weight excluding hydrogens is 232 g/mol. The Morgan fingerprint density at radius 3 is 2.67 bits per heavy atom. The van der Waals surface area contributed by atoms with Crippen LogP contribution >= 0.6 is 0 Å². The Labute approximate surface area is 109 Å². The van der Waals surface area contributed by atoms with E-state index in [4.69, 9.17) is 5.11 Å². The molecule has 0 bridgehead atoms. The van der Waals surface area contributed by atoms with Crippen molar-refractivity contribution in [2.24, 2.45) is 0 Å². The fourth-order valence-electron chi connectivity index (χ4n) is 2.42. The fourth-order valence-corrected chi connectivity index (χ4v) is 2.42. The van der Waals surface area contributed by atoms with Gasteiger partial charge in [-0.05, 0) is 26.2 Å². The molecule has 5 nitrogen and oxygen atoms in total.